The molecule has 0 aliphatic heterocycles. The first-order chi connectivity index (χ1) is 9.05. The van der Waals surface area contributed by atoms with Gasteiger partial charge in [-0.15, -0.1) is 0 Å². The summed E-state index contributed by atoms with van der Waals surface area (Å²) in [5.41, 5.74) is 5.84. The molecule has 1 unspecified atom stereocenters. The van der Waals surface area contributed by atoms with Gasteiger partial charge in [0.1, 0.15) is 11.4 Å². The SMILES string of the molecule is CCn1nccc1NC(=O)C(C)(N)c1ccccc1. The number of hydrogen-bond donors (Lipinski definition) is 2. The van der Waals surface area contributed by atoms with Crippen LogP contribution in [0.15, 0.2) is 42.6 Å². The minimum atomic E-state index is -1.08. The number of carbonyl (C=O) groups excluding carboxylic acids is 1. The molecule has 1 aromatic heterocycles. The third-order valence-electron chi connectivity index (χ3n) is 3.10. The quantitative estimate of drug-likeness (QED) is 0.877. The predicted molar refractivity (Wildman–Crippen MR) is 74.5 cm³/mol. The van der Waals surface area contributed by atoms with E-state index in [1.807, 2.05) is 37.3 Å². The van der Waals surface area contributed by atoms with Crippen LogP contribution in [-0.4, -0.2) is 15.7 Å². The van der Waals surface area contributed by atoms with Crippen LogP contribution < -0.4 is 11.1 Å². The first-order valence-electron chi connectivity index (χ1n) is 6.23. The van der Waals surface area contributed by atoms with Crippen LogP contribution in [0.1, 0.15) is 19.4 Å². The van der Waals surface area contributed by atoms with Crippen LogP contribution in [0.4, 0.5) is 5.82 Å². The summed E-state index contributed by atoms with van der Waals surface area (Å²) in [5, 5.41) is 6.92. The van der Waals surface area contributed by atoms with E-state index in [0.717, 1.165) is 5.56 Å². The normalized spacial score (nSPS) is 13.8. The van der Waals surface area contributed by atoms with Crippen molar-refractivity contribution in [2.75, 3.05) is 5.32 Å². The zero-order chi connectivity index (χ0) is 13.9. The van der Waals surface area contributed by atoms with Crippen molar-refractivity contribution < 1.29 is 4.79 Å². The van der Waals surface area contributed by atoms with Gasteiger partial charge >= 0.3 is 0 Å². The molecule has 0 radical (unpaired) electrons. The zero-order valence-corrected chi connectivity index (χ0v) is 11.1. The molecule has 5 nitrogen and oxygen atoms in total. The highest BCUT2D eigenvalue weighted by Gasteiger charge is 2.30. The highest BCUT2D eigenvalue weighted by molar-refractivity contribution is 5.97. The predicted octanol–water partition coefficient (Wildman–Crippen LogP) is 1.72. The van der Waals surface area contributed by atoms with Gasteiger partial charge in [0.25, 0.3) is 0 Å². The Labute approximate surface area is 112 Å². The molecule has 3 N–H and O–H groups in total. The standard InChI is InChI=1S/C14H18N4O/c1-3-18-12(9-10-16-18)17-13(19)14(2,15)11-7-5-4-6-8-11/h4-10H,3,15H2,1-2H3,(H,17,19). The molecular weight excluding hydrogens is 240 g/mol. The molecule has 1 atom stereocenters. The van der Waals surface area contributed by atoms with Crippen LogP contribution in [-0.2, 0) is 16.9 Å². The lowest BCUT2D eigenvalue weighted by atomic mass is 9.92. The van der Waals surface area contributed by atoms with Crippen LogP contribution in [0.25, 0.3) is 0 Å². The van der Waals surface area contributed by atoms with E-state index >= 15 is 0 Å². The van der Waals surface area contributed by atoms with Crippen molar-refractivity contribution in [3.05, 3.63) is 48.2 Å². The van der Waals surface area contributed by atoms with Gasteiger partial charge in [0.2, 0.25) is 5.91 Å². The van der Waals surface area contributed by atoms with Gasteiger partial charge in [-0.25, -0.2) is 4.68 Å². The number of benzene rings is 1. The molecule has 0 aliphatic carbocycles. The second-order valence-electron chi connectivity index (χ2n) is 4.55. The average molecular weight is 258 g/mol. The lowest BCUT2D eigenvalue weighted by molar-refractivity contribution is -0.120. The van der Waals surface area contributed by atoms with E-state index in [0.29, 0.717) is 12.4 Å². The van der Waals surface area contributed by atoms with E-state index in [9.17, 15) is 4.79 Å². The Morgan fingerprint density at radius 3 is 2.68 bits per heavy atom. The van der Waals surface area contributed by atoms with Gasteiger partial charge < -0.3 is 11.1 Å². The maximum atomic E-state index is 12.3. The fourth-order valence-electron chi connectivity index (χ4n) is 1.85. The summed E-state index contributed by atoms with van der Waals surface area (Å²) in [6, 6.07) is 11.1. The number of carbonyl (C=O) groups is 1. The molecule has 0 bridgehead atoms. The van der Waals surface area contributed by atoms with Crippen molar-refractivity contribution in [1.82, 2.24) is 9.78 Å². The third-order valence-corrected chi connectivity index (χ3v) is 3.10. The number of nitrogens with one attached hydrogen (secondary N) is 1. The Kier molecular flexibility index (Phi) is 3.66. The number of aromatic nitrogens is 2. The smallest absolute Gasteiger partial charge is 0.249 e. The summed E-state index contributed by atoms with van der Waals surface area (Å²) in [6.07, 6.45) is 1.65. The minimum Gasteiger partial charge on any atom is -0.314 e. The third kappa shape index (κ3) is 2.66. The molecule has 2 aromatic rings. The second-order valence-corrected chi connectivity index (χ2v) is 4.55. The van der Waals surface area contributed by atoms with E-state index in [2.05, 4.69) is 10.4 Å². The summed E-state index contributed by atoms with van der Waals surface area (Å²) in [6.45, 7) is 4.35. The van der Waals surface area contributed by atoms with Crippen molar-refractivity contribution in [1.29, 1.82) is 0 Å². The second kappa shape index (κ2) is 5.24. The Hall–Kier alpha value is -2.14. The number of hydrogen-bond acceptors (Lipinski definition) is 3. The molecular formula is C14H18N4O. The molecule has 0 saturated heterocycles. The molecule has 100 valence electrons. The average Bonchev–Trinajstić information content (AvgIpc) is 2.87. The number of anilines is 1. The Balaban J connectivity index is 2.20. The molecule has 0 saturated carbocycles. The molecule has 1 aromatic carbocycles. The maximum absolute atomic E-state index is 12.3. The van der Waals surface area contributed by atoms with Crippen LogP contribution in [0.3, 0.4) is 0 Å². The topological polar surface area (TPSA) is 72.9 Å². The van der Waals surface area contributed by atoms with E-state index in [1.54, 1.807) is 23.9 Å². The Bertz CT molecular complexity index is 560. The van der Waals surface area contributed by atoms with Crippen LogP contribution in [0, 0.1) is 0 Å². The molecule has 5 heteroatoms. The van der Waals surface area contributed by atoms with Gasteiger partial charge in [0.05, 0.1) is 6.20 Å². The van der Waals surface area contributed by atoms with E-state index in [-0.39, 0.29) is 5.91 Å². The number of amides is 1. The largest absolute Gasteiger partial charge is 0.314 e. The molecule has 1 heterocycles. The Morgan fingerprint density at radius 1 is 1.37 bits per heavy atom. The lowest BCUT2D eigenvalue weighted by Gasteiger charge is -2.24. The molecule has 19 heavy (non-hydrogen) atoms. The number of rotatable bonds is 4. The lowest BCUT2D eigenvalue weighted by Crippen LogP contribution is -2.45. The summed E-state index contributed by atoms with van der Waals surface area (Å²) >= 11 is 0. The zero-order valence-electron chi connectivity index (χ0n) is 11.1. The summed E-state index contributed by atoms with van der Waals surface area (Å²) < 4.78 is 1.71. The number of aryl methyl sites for hydroxylation is 1. The number of nitrogens with zero attached hydrogens (tertiary/aromatic N) is 2. The monoisotopic (exact) mass is 258 g/mol. The van der Waals surface area contributed by atoms with Crippen molar-refractivity contribution in [2.24, 2.45) is 5.73 Å². The van der Waals surface area contributed by atoms with Gasteiger partial charge in [0.15, 0.2) is 0 Å². The molecule has 0 spiro atoms. The van der Waals surface area contributed by atoms with Crippen molar-refractivity contribution in [2.45, 2.75) is 25.9 Å². The highest BCUT2D eigenvalue weighted by Crippen LogP contribution is 2.19. The number of nitrogens with two attached hydrogens (primary N) is 1. The van der Waals surface area contributed by atoms with Gasteiger partial charge in [-0.05, 0) is 19.4 Å². The first kappa shape index (κ1) is 13.3. The van der Waals surface area contributed by atoms with Gasteiger partial charge in [-0.2, -0.15) is 5.10 Å². The van der Waals surface area contributed by atoms with Gasteiger partial charge in [-0.1, -0.05) is 30.3 Å². The van der Waals surface area contributed by atoms with Crippen molar-refractivity contribution in [3.63, 3.8) is 0 Å². The first-order valence-corrected chi connectivity index (χ1v) is 6.23. The van der Waals surface area contributed by atoms with Gasteiger partial charge in [0, 0.05) is 12.6 Å². The summed E-state index contributed by atoms with van der Waals surface area (Å²) in [7, 11) is 0. The van der Waals surface area contributed by atoms with Crippen LogP contribution >= 0.6 is 0 Å². The van der Waals surface area contributed by atoms with Crippen molar-refractivity contribution in [3.8, 4) is 0 Å². The fraction of sp³-hybridized carbons (Fsp3) is 0.286. The summed E-state index contributed by atoms with van der Waals surface area (Å²) in [5.74, 6) is 0.397. The summed E-state index contributed by atoms with van der Waals surface area (Å²) in [4.78, 5) is 12.3. The van der Waals surface area contributed by atoms with Gasteiger partial charge in [-0.3, -0.25) is 4.79 Å². The minimum absolute atomic E-state index is 0.256. The van der Waals surface area contributed by atoms with Crippen molar-refractivity contribution >= 4 is 11.7 Å². The maximum Gasteiger partial charge on any atom is 0.249 e. The van der Waals surface area contributed by atoms with E-state index in [1.165, 1.54) is 0 Å². The van der Waals surface area contributed by atoms with Crippen LogP contribution in [0.2, 0.25) is 0 Å². The van der Waals surface area contributed by atoms with Crippen LogP contribution in [0.5, 0.6) is 0 Å². The molecule has 0 fully saturated rings. The molecule has 0 aliphatic rings. The molecule has 2 rings (SSSR count). The van der Waals surface area contributed by atoms with E-state index < -0.39 is 5.54 Å². The molecule has 1 amide bonds. The highest BCUT2D eigenvalue weighted by atomic mass is 16.2. The fourth-order valence-corrected chi connectivity index (χ4v) is 1.85. The van der Waals surface area contributed by atoms with E-state index in [4.69, 9.17) is 5.73 Å². The Morgan fingerprint density at radius 2 is 2.05 bits per heavy atom.